The molecule has 0 bridgehead atoms. The van der Waals surface area contributed by atoms with Crippen LogP contribution in [0.15, 0.2) is 42.9 Å². The summed E-state index contributed by atoms with van der Waals surface area (Å²) in [4.78, 5) is 18.1. The van der Waals surface area contributed by atoms with Crippen molar-refractivity contribution in [3.63, 3.8) is 0 Å². The lowest BCUT2D eigenvalue weighted by Crippen LogP contribution is -2.28. The summed E-state index contributed by atoms with van der Waals surface area (Å²) >= 11 is 6.14. The Balaban J connectivity index is 1.54. The van der Waals surface area contributed by atoms with E-state index >= 15 is 0 Å². The molecule has 170 valence electrons. The van der Waals surface area contributed by atoms with Gasteiger partial charge in [0, 0.05) is 34.9 Å². The molecule has 1 aromatic carbocycles. The van der Waals surface area contributed by atoms with Crippen molar-refractivity contribution in [2.45, 2.75) is 26.0 Å². The average Bonchev–Trinajstić information content (AvgIpc) is 3.42. The fourth-order valence-electron chi connectivity index (χ4n) is 4.33. The first-order valence-electron chi connectivity index (χ1n) is 10.6. The van der Waals surface area contributed by atoms with Crippen LogP contribution in [0, 0.1) is 5.92 Å². The number of halogens is 1. The molecule has 2 N–H and O–H groups in total. The van der Waals surface area contributed by atoms with Gasteiger partial charge in [-0.15, -0.1) is 0 Å². The summed E-state index contributed by atoms with van der Waals surface area (Å²) < 4.78 is 13.1. The zero-order valence-corrected chi connectivity index (χ0v) is 19.0. The van der Waals surface area contributed by atoms with E-state index in [1.54, 1.807) is 38.7 Å². The third-order valence-corrected chi connectivity index (χ3v) is 6.11. The molecule has 0 radical (unpaired) electrons. The summed E-state index contributed by atoms with van der Waals surface area (Å²) in [6.45, 7) is 2.35. The standard InChI is InChI=1S/C24H23ClN4O4/c1-13(30)10-29-11-19(23(31)15-5-14-6-16(25)3-4-22(14)33-12-15)17-8-26-20(7-21(17)29)18-9-27-28-24(18)32-2/h3-4,6-9,11,13,15,30H,5,10,12H2,1-2H3,(H,27,28)/t13-,15-/m1/s1. The summed E-state index contributed by atoms with van der Waals surface area (Å²) in [5.41, 5.74) is 3.65. The molecular weight excluding hydrogens is 444 g/mol. The van der Waals surface area contributed by atoms with Crippen molar-refractivity contribution < 1.29 is 19.4 Å². The number of aromatic amines is 1. The van der Waals surface area contributed by atoms with E-state index < -0.39 is 6.10 Å². The quantitative estimate of drug-likeness (QED) is 0.418. The van der Waals surface area contributed by atoms with Crippen molar-refractivity contribution in [3.05, 3.63) is 59.0 Å². The molecule has 0 amide bonds. The topological polar surface area (TPSA) is 102 Å². The van der Waals surface area contributed by atoms with Crippen LogP contribution < -0.4 is 9.47 Å². The largest absolute Gasteiger partial charge is 0.493 e. The van der Waals surface area contributed by atoms with E-state index in [0.717, 1.165) is 22.2 Å². The zero-order valence-electron chi connectivity index (χ0n) is 18.2. The monoisotopic (exact) mass is 466 g/mol. The average molecular weight is 467 g/mol. The molecule has 33 heavy (non-hydrogen) atoms. The maximum atomic E-state index is 13.6. The van der Waals surface area contributed by atoms with Gasteiger partial charge in [0.15, 0.2) is 5.78 Å². The van der Waals surface area contributed by atoms with Gasteiger partial charge in [0.05, 0.1) is 48.7 Å². The van der Waals surface area contributed by atoms with Crippen LogP contribution in [0.3, 0.4) is 0 Å². The number of H-pyrrole nitrogens is 1. The Bertz CT molecular complexity index is 1340. The second kappa shape index (κ2) is 8.53. The van der Waals surface area contributed by atoms with Crippen LogP contribution in [-0.2, 0) is 13.0 Å². The number of hydrogen-bond acceptors (Lipinski definition) is 6. The van der Waals surface area contributed by atoms with Crippen LogP contribution in [0.5, 0.6) is 11.6 Å². The second-order valence-electron chi connectivity index (χ2n) is 8.28. The number of aliphatic hydroxyl groups is 1. The van der Waals surface area contributed by atoms with E-state index in [4.69, 9.17) is 21.1 Å². The maximum Gasteiger partial charge on any atom is 0.218 e. The SMILES string of the molecule is COc1[nH]ncc1-c1cc2c(cn1)c(C(=O)[C@H]1COc3ccc(Cl)cc3C1)cn2C[C@@H](C)O. The molecule has 4 aromatic rings. The summed E-state index contributed by atoms with van der Waals surface area (Å²) in [5.74, 6) is 0.907. The molecule has 2 atom stereocenters. The highest BCUT2D eigenvalue weighted by Crippen LogP contribution is 2.34. The number of fused-ring (bicyclic) bond motifs is 2. The minimum Gasteiger partial charge on any atom is -0.493 e. The van der Waals surface area contributed by atoms with Gasteiger partial charge < -0.3 is 19.1 Å². The third kappa shape index (κ3) is 3.96. The number of hydrogen-bond donors (Lipinski definition) is 2. The van der Waals surface area contributed by atoms with Crippen molar-refractivity contribution >= 4 is 28.3 Å². The van der Waals surface area contributed by atoms with Crippen LogP contribution in [0.4, 0.5) is 0 Å². The number of nitrogens with zero attached hydrogens (tertiary/aromatic N) is 3. The molecule has 0 fully saturated rings. The molecule has 9 heteroatoms. The van der Waals surface area contributed by atoms with E-state index in [0.29, 0.717) is 47.3 Å². The highest BCUT2D eigenvalue weighted by Gasteiger charge is 2.29. The van der Waals surface area contributed by atoms with Gasteiger partial charge in [-0.05, 0) is 43.2 Å². The summed E-state index contributed by atoms with van der Waals surface area (Å²) in [5, 5.41) is 18.2. The fourth-order valence-corrected chi connectivity index (χ4v) is 4.52. The number of ketones is 1. The van der Waals surface area contributed by atoms with Crippen LogP contribution in [0.25, 0.3) is 22.2 Å². The molecule has 8 nitrogen and oxygen atoms in total. The molecule has 0 saturated carbocycles. The predicted octanol–water partition coefficient (Wildman–Crippen LogP) is 3.90. The lowest BCUT2D eigenvalue weighted by molar-refractivity contribution is 0.0856. The number of carbonyl (C=O) groups excluding carboxylic acids is 1. The van der Waals surface area contributed by atoms with Crippen molar-refractivity contribution in [1.82, 2.24) is 19.7 Å². The summed E-state index contributed by atoms with van der Waals surface area (Å²) in [6.07, 6.45) is 5.09. The Hall–Kier alpha value is -3.36. The molecule has 1 aliphatic heterocycles. The van der Waals surface area contributed by atoms with Crippen molar-refractivity contribution in [2.24, 2.45) is 5.92 Å². The fraction of sp³-hybridized carbons (Fsp3) is 0.292. The number of Topliss-reactive ketones (excluding diaryl/α,β-unsaturated/α-hetero) is 1. The van der Waals surface area contributed by atoms with Gasteiger partial charge in [-0.1, -0.05) is 11.6 Å². The summed E-state index contributed by atoms with van der Waals surface area (Å²) in [6, 6.07) is 7.35. The Morgan fingerprint density at radius 3 is 3.03 bits per heavy atom. The number of aromatic nitrogens is 4. The van der Waals surface area contributed by atoms with Crippen molar-refractivity contribution in [1.29, 1.82) is 0 Å². The minimum atomic E-state index is -0.587. The molecule has 0 unspecified atom stereocenters. The third-order valence-electron chi connectivity index (χ3n) is 5.88. The van der Waals surface area contributed by atoms with Gasteiger partial charge in [0.1, 0.15) is 5.75 Å². The van der Waals surface area contributed by atoms with E-state index in [1.165, 1.54) is 0 Å². The van der Waals surface area contributed by atoms with Gasteiger partial charge in [0.2, 0.25) is 5.88 Å². The maximum absolute atomic E-state index is 13.6. The Kier molecular flexibility index (Phi) is 5.55. The minimum absolute atomic E-state index is 0.0228. The van der Waals surface area contributed by atoms with Gasteiger partial charge in [0.25, 0.3) is 0 Å². The first-order chi connectivity index (χ1) is 15.9. The summed E-state index contributed by atoms with van der Waals surface area (Å²) in [7, 11) is 1.56. The normalized spacial score (nSPS) is 16.3. The van der Waals surface area contributed by atoms with Crippen LogP contribution in [-0.4, -0.2) is 50.5 Å². The van der Waals surface area contributed by atoms with Gasteiger partial charge in [-0.2, -0.15) is 5.10 Å². The number of benzene rings is 1. The first-order valence-corrected chi connectivity index (χ1v) is 11.0. The molecule has 5 rings (SSSR count). The molecular formula is C24H23ClN4O4. The van der Waals surface area contributed by atoms with Crippen LogP contribution in [0.1, 0.15) is 22.8 Å². The van der Waals surface area contributed by atoms with E-state index in [1.807, 2.05) is 22.8 Å². The van der Waals surface area contributed by atoms with E-state index in [2.05, 4.69) is 15.2 Å². The Morgan fingerprint density at radius 2 is 2.24 bits per heavy atom. The molecule has 0 saturated heterocycles. The number of nitrogens with one attached hydrogen (secondary N) is 1. The van der Waals surface area contributed by atoms with Crippen molar-refractivity contribution in [2.75, 3.05) is 13.7 Å². The number of ether oxygens (including phenoxy) is 2. The number of pyridine rings is 1. The van der Waals surface area contributed by atoms with E-state index in [-0.39, 0.29) is 11.7 Å². The van der Waals surface area contributed by atoms with Crippen LogP contribution in [0.2, 0.25) is 5.02 Å². The number of aliphatic hydroxyl groups excluding tert-OH is 1. The zero-order chi connectivity index (χ0) is 23.1. The molecule has 4 heterocycles. The number of rotatable bonds is 6. The molecule has 0 spiro atoms. The number of carbonyl (C=O) groups is 1. The van der Waals surface area contributed by atoms with Crippen molar-refractivity contribution in [3.8, 4) is 22.9 Å². The molecule has 3 aromatic heterocycles. The predicted molar refractivity (Wildman–Crippen MR) is 124 cm³/mol. The van der Waals surface area contributed by atoms with Gasteiger partial charge in [-0.25, -0.2) is 5.10 Å². The smallest absolute Gasteiger partial charge is 0.218 e. The number of methoxy groups -OCH3 is 1. The lowest BCUT2D eigenvalue weighted by Gasteiger charge is -2.24. The lowest BCUT2D eigenvalue weighted by atomic mass is 9.90. The highest BCUT2D eigenvalue weighted by molar-refractivity contribution is 6.30. The van der Waals surface area contributed by atoms with Gasteiger partial charge in [-0.3, -0.25) is 9.78 Å². The molecule has 1 aliphatic rings. The van der Waals surface area contributed by atoms with Crippen LogP contribution >= 0.6 is 11.6 Å². The van der Waals surface area contributed by atoms with E-state index in [9.17, 15) is 9.90 Å². The Morgan fingerprint density at radius 1 is 1.39 bits per heavy atom. The first kappa shape index (κ1) is 21.5. The second-order valence-corrected chi connectivity index (χ2v) is 8.71. The molecule has 0 aliphatic carbocycles. The Labute approximate surface area is 195 Å². The highest BCUT2D eigenvalue weighted by atomic mass is 35.5. The van der Waals surface area contributed by atoms with Gasteiger partial charge >= 0.3 is 0 Å².